The summed E-state index contributed by atoms with van der Waals surface area (Å²) in [6.07, 6.45) is 5.58. The maximum Gasteiger partial charge on any atom is 0.255 e. The molecule has 0 bridgehead atoms. The Hall–Kier alpha value is -2.36. The first-order chi connectivity index (χ1) is 11.4. The summed E-state index contributed by atoms with van der Waals surface area (Å²) in [4.78, 5) is 18.6. The van der Waals surface area contributed by atoms with Gasteiger partial charge in [0, 0.05) is 25.0 Å². The summed E-state index contributed by atoms with van der Waals surface area (Å²) in [7, 11) is 0. The van der Waals surface area contributed by atoms with Crippen molar-refractivity contribution < 1.29 is 4.79 Å². The fraction of sp³-hybridized carbons (Fsp3) is 0.400. The standard InChI is InChI=1S/C20H25N3O/c1-20(2,3)16-6-8-17(9-7-16)22-18-12-15(13-21-14-18)19(24)23-10-4-5-11-23/h6-9,12-14,22H,4-5,10-11H2,1-3H3. The van der Waals surface area contributed by atoms with Gasteiger partial charge in [0.15, 0.2) is 0 Å². The zero-order valence-corrected chi connectivity index (χ0v) is 14.7. The van der Waals surface area contributed by atoms with Crippen LogP contribution in [0, 0.1) is 0 Å². The van der Waals surface area contributed by atoms with Gasteiger partial charge in [-0.25, -0.2) is 0 Å². The number of aromatic nitrogens is 1. The average molecular weight is 323 g/mol. The van der Waals surface area contributed by atoms with Gasteiger partial charge in [0.2, 0.25) is 0 Å². The van der Waals surface area contributed by atoms with E-state index >= 15 is 0 Å². The number of nitrogens with one attached hydrogen (secondary N) is 1. The Labute approximate surface area is 143 Å². The highest BCUT2D eigenvalue weighted by molar-refractivity contribution is 5.95. The van der Waals surface area contributed by atoms with E-state index in [-0.39, 0.29) is 11.3 Å². The topological polar surface area (TPSA) is 45.2 Å². The maximum absolute atomic E-state index is 12.5. The molecule has 0 spiro atoms. The summed E-state index contributed by atoms with van der Waals surface area (Å²) in [5, 5.41) is 3.34. The second-order valence-corrected chi connectivity index (χ2v) is 7.41. The van der Waals surface area contributed by atoms with Crippen molar-refractivity contribution in [2.24, 2.45) is 0 Å². The molecule has 4 heteroatoms. The third-order valence-corrected chi connectivity index (χ3v) is 4.42. The third kappa shape index (κ3) is 3.75. The van der Waals surface area contributed by atoms with Crippen LogP contribution in [0.2, 0.25) is 0 Å². The molecule has 1 aromatic carbocycles. The van der Waals surface area contributed by atoms with Crippen LogP contribution in [0.5, 0.6) is 0 Å². The van der Waals surface area contributed by atoms with Gasteiger partial charge in [-0.3, -0.25) is 9.78 Å². The highest BCUT2D eigenvalue weighted by Gasteiger charge is 2.20. The zero-order chi connectivity index (χ0) is 17.2. The molecule has 1 aliphatic rings. The van der Waals surface area contributed by atoms with Gasteiger partial charge in [-0.15, -0.1) is 0 Å². The van der Waals surface area contributed by atoms with Gasteiger partial charge < -0.3 is 10.2 Å². The van der Waals surface area contributed by atoms with Crippen molar-refractivity contribution in [2.75, 3.05) is 18.4 Å². The lowest BCUT2D eigenvalue weighted by molar-refractivity contribution is 0.0792. The molecule has 0 unspecified atom stereocenters. The zero-order valence-electron chi connectivity index (χ0n) is 14.7. The van der Waals surface area contributed by atoms with Crippen LogP contribution >= 0.6 is 0 Å². The summed E-state index contributed by atoms with van der Waals surface area (Å²) in [5.74, 6) is 0.0757. The van der Waals surface area contributed by atoms with Crippen LogP contribution in [0.3, 0.4) is 0 Å². The lowest BCUT2D eigenvalue weighted by Crippen LogP contribution is -2.27. The van der Waals surface area contributed by atoms with E-state index in [1.54, 1.807) is 12.4 Å². The molecule has 0 atom stereocenters. The summed E-state index contributed by atoms with van der Waals surface area (Å²) in [6, 6.07) is 10.3. The van der Waals surface area contributed by atoms with Gasteiger partial charge in [-0.05, 0) is 42.0 Å². The fourth-order valence-electron chi connectivity index (χ4n) is 2.95. The molecule has 1 N–H and O–H groups in total. The Balaban J connectivity index is 1.73. The first kappa shape index (κ1) is 16.5. The Bertz CT molecular complexity index is 710. The SMILES string of the molecule is CC(C)(C)c1ccc(Nc2cncc(C(=O)N3CCCC3)c2)cc1. The number of amides is 1. The molecule has 1 fully saturated rings. The smallest absolute Gasteiger partial charge is 0.255 e. The molecule has 1 aromatic heterocycles. The van der Waals surface area contributed by atoms with Crippen LogP contribution in [-0.4, -0.2) is 28.9 Å². The van der Waals surface area contributed by atoms with Crippen LogP contribution in [0.15, 0.2) is 42.7 Å². The molecule has 1 amide bonds. The first-order valence-corrected chi connectivity index (χ1v) is 8.55. The van der Waals surface area contributed by atoms with Crippen molar-refractivity contribution in [1.82, 2.24) is 9.88 Å². The highest BCUT2D eigenvalue weighted by Crippen LogP contribution is 2.25. The Morgan fingerprint density at radius 2 is 1.71 bits per heavy atom. The van der Waals surface area contributed by atoms with Gasteiger partial charge >= 0.3 is 0 Å². The van der Waals surface area contributed by atoms with E-state index in [4.69, 9.17) is 0 Å². The van der Waals surface area contributed by atoms with Crippen molar-refractivity contribution in [3.63, 3.8) is 0 Å². The molecule has 2 heterocycles. The van der Waals surface area contributed by atoms with E-state index in [0.29, 0.717) is 5.56 Å². The predicted molar refractivity (Wildman–Crippen MR) is 97.8 cm³/mol. The molecule has 126 valence electrons. The predicted octanol–water partition coefficient (Wildman–Crippen LogP) is 4.36. The quantitative estimate of drug-likeness (QED) is 0.913. The number of pyridine rings is 1. The van der Waals surface area contributed by atoms with Gasteiger partial charge in [0.25, 0.3) is 5.91 Å². The van der Waals surface area contributed by atoms with Crippen LogP contribution in [0.4, 0.5) is 11.4 Å². The van der Waals surface area contributed by atoms with E-state index in [0.717, 1.165) is 37.3 Å². The number of anilines is 2. The fourth-order valence-corrected chi connectivity index (χ4v) is 2.95. The number of benzene rings is 1. The van der Waals surface area contributed by atoms with Gasteiger partial charge in [-0.2, -0.15) is 0 Å². The van der Waals surface area contributed by atoms with Crippen molar-refractivity contribution >= 4 is 17.3 Å². The lowest BCUT2D eigenvalue weighted by Gasteiger charge is -2.19. The summed E-state index contributed by atoms with van der Waals surface area (Å²) < 4.78 is 0. The minimum absolute atomic E-state index is 0.0757. The summed E-state index contributed by atoms with van der Waals surface area (Å²) >= 11 is 0. The molecular formula is C20H25N3O. The maximum atomic E-state index is 12.5. The van der Waals surface area contributed by atoms with Crippen molar-refractivity contribution in [1.29, 1.82) is 0 Å². The number of carbonyl (C=O) groups is 1. The third-order valence-electron chi connectivity index (χ3n) is 4.42. The van der Waals surface area contributed by atoms with Crippen LogP contribution in [0.1, 0.15) is 49.5 Å². The normalized spacial score (nSPS) is 14.7. The number of nitrogens with zero attached hydrogens (tertiary/aromatic N) is 2. The van der Waals surface area contributed by atoms with Crippen LogP contribution < -0.4 is 5.32 Å². The molecule has 2 aromatic rings. The van der Waals surface area contributed by atoms with Gasteiger partial charge in [0.1, 0.15) is 0 Å². The van der Waals surface area contributed by atoms with Gasteiger partial charge in [-0.1, -0.05) is 32.9 Å². The average Bonchev–Trinajstić information content (AvgIpc) is 3.08. The molecule has 3 rings (SSSR count). The van der Waals surface area contributed by atoms with E-state index in [2.05, 4.69) is 55.3 Å². The number of hydrogen-bond acceptors (Lipinski definition) is 3. The van der Waals surface area contributed by atoms with E-state index < -0.39 is 0 Å². The number of likely N-dealkylation sites (tertiary alicyclic amines) is 1. The van der Waals surface area contributed by atoms with Crippen molar-refractivity contribution in [3.05, 3.63) is 53.9 Å². The molecule has 24 heavy (non-hydrogen) atoms. The summed E-state index contributed by atoms with van der Waals surface area (Å²) in [6.45, 7) is 8.31. The highest BCUT2D eigenvalue weighted by atomic mass is 16.2. The number of hydrogen-bond donors (Lipinski definition) is 1. The Morgan fingerprint density at radius 3 is 2.33 bits per heavy atom. The lowest BCUT2D eigenvalue weighted by atomic mass is 9.87. The molecule has 0 aliphatic carbocycles. The molecular weight excluding hydrogens is 298 g/mol. The minimum Gasteiger partial charge on any atom is -0.354 e. The van der Waals surface area contributed by atoms with Crippen molar-refractivity contribution in [3.8, 4) is 0 Å². The van der Waals surface area contributed by atoms with E-state index in [1.165, 1.54) is 5.56 Å². The summed E-state index contributed by atoms with van der Waals surface area (Å²) in [5.41, 5.74) is 3.92. The minimum atomic E-state index is 0.0757. The molecule has 1 saturated heterocycles. The molecule has 1 aliphatic heterocycles. The molecule has 0 saturated carbocycles. The molecule has 0 radical (unpaired) electrons. The Kier molecular flexibility index (Phi) is 4.56. The monoisotopic (exact) mass is 323 g/mol. The largest absolute Gasteiger partial charge is 0.354 e. The Morgan fingerprint density at radius 1 is 1.04 bits per heavy atom. The van der Waals surface area contributed by atoms with Crippen LogP contribution in [-0.2, 0) is 5.41 Å². The number of carbonyl (C=O) groups excluding carboxylic acids is 1. The number of rotatable bonds is 3. The van der Waals surface area contributed by atoms with Crippen LogP contribution in [0.25, 0.3) is 0 Å². The van der Waals surface area contributed by atoms with E-state index in [9.17, 15) is 4.79 Å². The van der Waals surface area contributed by atoms with E-state index in [1.807, 2.05) is 11.0 Å². The first-order valence-electron chi connectivity index (χ1n) is 8.55. The second kappa shape index (κ2) is 6.63. The second-order valence-electron chi connectivity index (χ2n) is 7.41. The van der Waals surface area contributed by atoms with Crippen molar-refractivity contribution in [2.45, 2.75) is 39.0 Å². The van der Waals surface area contributed by atoms with Gasteiger partial charge in [0.05, 0.1) is 17.4 Å². The molecule has 4 nitrogen and oxygen atoms in total.